The van der Waals surface area contributed by atoms with Crippen molar-refractivity contribution in [2.24, 2.45) is 0 Å². The summed E-state index contributed by atoms with van der Waals surface area (Å²) in [6, 6.07) is 5.58. The summed E-state index contributed by atoms with van der Waals surface area (Å²) in [4.78, 5) is 4.10. The van der Waals surface area contributed by atoms with E-state index in [0.717, 1.165) is 5.56 Å². The largest absolute Gasteiger partial charge is 0.493 e. The first-order valence-corrected chi connectivity index (χ1v) is 5.85. The molecule has 0 radical (unpaired) electrons. The number of methoxy groups -OCH3 is 2. The topological polar surface area (TPSA) is 77.6 Å². The van der Waals surface area contributed by atoms with Crippen LogP contribution in [0.1, 0.15) is 30.3 Å². The maximum Gasteiger partial charge on any atom is 0.255 e. The molecule has 0 bridgehead atoms. The standard InChI is InChI=1S/C13H16N2O4/c1-8(16)13-14-12(15-19-13)7-9-4-5-10(17-2)11(6-9)18-3/h4-6,8,16H,7H2,1-3H3/t8-/m0/s1. The highest BCUT2D eigenvalue weighted by Gasteiger charge is 2.12. The van der Waals surface area contributed by atoms with Gasteiger partial charge in [0, 0.05) is 6.42 Å². The summed E-state index contributed by atoms with van der Waals surface area (Å²) in [5.41, 5.74) is 0.968. The zero-order valence-corrected chi connectivity index (χ0v) is 11.1. The minimum atomic E-state index is -0.758. The van der Waals surface area contributed by atoms with Crippen LogP contribution in [0.4, 0.5) is 0 Å². The summed E-state index contributed by atoms with van der Waals surface area (Å²) in [5.74, 6) is 2.06. The van der Waals surface area contributed by atoms with Gasteiger partial charge in [0.25, 0.3) is 5.89 Å². The van der Waals surface area contributed by atoms with E-state index in [2.05, 4.69) is 10.1 Å². The van der Waals surface area contributed by atoms with Crippen LogP contribution in [0, 0.1) is 0 Å². The van der Waals surface area contributed by atoms with Crippen molar-refractivity contribution in [1.29, 1.82) is 0 Å². The van der Waals surface area contributed by atoms with Gasteiger partial charge in [0.1, 0.15) is 6.10 Å². The number of aromatic nitrogens is 2. The van der Waals surface area contributed by atoms with Gasteiger partial charge in [-0.25, -0.2) is 0 Å². The lowest BCUT2D eigenvalue weighted by Crippen LogP contribution is -1.96. The van der Waals surface area contributed by atoms with Crippen molar-refractivity contribution in [2.45, 2.75) is 19.4 Å². The van der Waals surface area contributed by atoms with E-state index in [4.69, 9.17) is 14.0 Å². The Bertz CT molecular complexity index is 551. The molecular weight excluding hydrogens is 248 g/mol. The van der Waals surface area contributed by atoms with Crippen LogP contribution in [0.3, 0.4) is 0 Å². The van der Waals surface area contributed by atoms with Crippen LogP contribution in [-0.2, 0) is 6.42 Å². The Labute approximate surface area is 111 Å². The normalized spacial score (nSPS) is 12.2. The van der Waals surface area contributed by atoms with Crippen LogP contribution >= 0.6 is 0 Å². The molecule has 6 heteroatoms. The van der Waals surface area contributed by atoms with Crippen LogP contribution in [0.25, 0.3) is 0 Å². The van der Waals surface area contributed by atoms with E-state index in [0.29, 0.717) is 23.7 Å². The van der Waals surface area contributed by atoms with E-state index in [1.807, 2.05) is 18.2 Å². The molecule has 6 nitrogen and oxygen atoms in total. The second kappa shape index (κ2) is 5.71. The average molecular weight is 264 g/mol. The van der Waals surface area contributed by atoms with E-state index in [9.17, 15) is 5.11 Å². The summed E-state index contributed by atoms with van der Waals surface area (Å²) in [6.45, 7) is 1.58. The number of nitrogens with zero attached hydrogens (tertiary/aromatic N) is 2. The van der Waals surface area contributed by atoms with Crippen LogP contribution in [-0.4, -0.2) is 29.5 Å². The summed E-state index contributed by atoms with van der Waals surface area (Å²) >= 11 is 0. The quantitative estimate of drug-likeness (QED) is 0.886. The number of benzene rings is 1. The van der Waals surface area contributed by atoms with E-state index >= 15 is 0 Å². The lowest BCUT2D eigenvalue weighted by Gasteiger charge is -2.08. The number of hydrogen-bond acceptors (Lipinski definition) is 6. The van der Waals surface area contributed by atoms with Gasteiger partial charge in [0.15, 0.2) is 17.3 Å². The van der Waals surface area contributed by atoms with Crippen LogP contribution in [0.5, 0.6) is 11.5 Å². The molecule has 0 unspecified atom stereocenters. The van der Waals surface area contributed by atoms with Gasteiger partial charge in [-0.05, 0) is 24.6 Å². The summed E-state index contributed by atoms with van der Waals surface area (Å²) < 4.78 is 15.3. The fourth-order valence-electron chi connectivity index (χ4n) is 1.68. The highest BCUT2D eigenvalue weighted by atomic mass is 16.5. The third kappa shape index (κ3) is 3.03. The molecule has 1 heterocycles. The number of ether oxygens (including phenoxy) is 2. The number of aliphatic hydroxyl groups excluding tert-OH is 1. The predicted molar refractivity (Wildman–Crippen MR) is 67.3 cm³/mol. The average Bonchev–Trinajstić information content (AvgIpc) is 2.87. The molecule has 0 spiro atoms. The number of hydrogen-bond donors (Lipinski definition) is 1. The second-order valence-electron chi connectivity index (χ2n) is 4.09. The first-order valence-electron chi connectivity index (χ1n) is 5.85. The Morgan fingerprint density at radius 1 is 1.26 bits per heavy atom. The Hall–Kier alpha value is -2.08. The molecule has 0 fully saturated rings. The Balaban J connectivity index is 2.18. The predicted octanol–water partition coefficient (Wildman–Crippen LogP) is 1.73. The lowest BCUT2D eigenvalue weighted by atomic mass is 10.1. The Morgan fingerprint density at radius 2 is 2.00 bits per heavy atom. The van der Waals surface area contributed by atoms with Crippen LogP contribution in [0.15, 0.2) is 22.7 Å². The fraction of sp³-hybridized carbons (Fsp3) is 0.385. The van der Waals surface area contributed by atoms with Gasteiger partial charge in [-0.15, -0.1) is 0 Å². The van der Waals surface area contributed by atoms with Crippen molar-refractivity contribution >= 4 is 0 Å². The maximum atomic E-state index is 9.32. The van der Waals surface area contributed by atoms with Crippen molar-refractivity contribution in [2.75, 3.05) is 14.2 Å². The van der Waals surface area contributed by atoms with Crippen molar-refractivity contribution in [1.82, 2.24) is 10.1 Å². The number of rotatable bonds is 5. The smallest absolute Gasteiger partial charge is 0.255 e. The van der Waals surface area contributed by atoms with Gasteiger partial charge in [-0.3, -0.25) is 0 Å². The molecule has 19 heavy (non-hydrogen) atoms. The highest BCUT2D eigenvalue weighted by molar-refractivity contribution is 5.43. The minimum Gasteiger partial charge on any atom is -0.493 e. The first kappa shape index (κ1) is 13.4. The fourth-order valence-corrected chi connectivity index (χ4v) is 1.68. The first-order chi connectivity index (χ1) is 9.13. The van der Waals surface area contributed by atoms with Crippen molar-refractivity contribution in [3.05, 3.63) is 35.5 Å². The zero-order chi connectivity index (χ0) is 13.8. The van der Waals surface area contributed by atoms with Gasteiger partial charge in [0.05, 0.1) is 14.2 Å². The van der Waals surface area contributed by atoms with Gasteiger partial charge in [-0.2, -0.15) is 4.98 Å². The molecular formula is C13H16N2O4. The lowest BCUT2D eigenvalue weighted by molar-refractivity contribution is 0.151. The van der Waals surface area contributed by atoms with Crippen molar-refractivity contribution < 1.29 is 19.1 Å². The second-order valence-corrected chi connectivity index (χ2v) is 4.09. The third-order valence-corrected chi connectivity index (χ3v) is 2.65. The summed E-state index contributed by atoms with van der Waals surface area (Å²) in [7, 11) is 3.17. The molecule has 0 aliphatic rings. The van der Waals surface area contributed by atoms with Crippen LogP contribution in [0.2, 0.25) is 0 Å². The van der Waals surface area contributed by atoms with E-state index < -0.39 is 6.10 Å². The molecule has 1 aromatic heterocycles. The number of aliphatic hydroxyl groups is 1. The van der Waals surface area contributed by atoms with Gasteiger partial charge < -0.3 is 19.1 Å². The summed E-state index contributed by atoms with van der Waals surface area (Å²) in [6.07, 6.45) is -0.261. The van der Waals surface area contributed by atoms with E-state index in [1.54, 1.807) is 21.1 Å². The van der Waals surface area contributed by atoms with Gasteiger partial charge >= 0.3 is 0 Å². The van der Waals surface area contributed by atoms with Gasteiger partial charge in [0.2, 0.25) is 0 Å². The molecule has 1 N–H and O–H groups in total. The summed E-state index contributed by atoms with van der Waals surface area (Å²) in [5, 5.41) is 13.1. The SMILES string of the molecule is COc1ccc(Cc2noc([C@H](C)O)n2)cc1OC. The highest BCUT2D eigenvalue weighted by Crippen LogP contribution is 2.28. The molecule has 0 amide bonds. The Kier molecular flexibility index (Phi) is 4.01. The minimum absolute atomic E-state index is 0.218. The zero-order valence-electron chi connectivity index (χ0n) is 11.1. The molecule has 0 aliphatic carbocycles. The third-order valence-electron chi connectivity index (χ3n) is 2.65. The van der Waals surface area contributed by atoms with E-state index in [1.165, 1.54) is 0 Å². The molecule has 2 rings (SSSR count). The molecule has 0 saturated heterocycles. The monoisotopic (exact) mass is 264 g/mol. The maximum absolute atomic E-state index is 9.32. The van der Waals surface area contributed by atoms with Crippen LogP contribution < -0.4 is 9.47 Å². The van der Waals surface area contributed by atoms with Crippen molar-refractivity contribution in [3.63, 3.8) is 0 Å². The van der Waals surface area contributed by atoms with E-state index in [-0.39, 0.29) is 5.89 Å². The molecule has 2 aromatic rings. The molecule has 0 aliphatic heterocycles. The Morgan fingerprint density at radius 3 is 2.58 bits per heavy atom. The van der Waals surface area contributed by atoms with Crippen molar-refractivity contribution in [3.8, 4) is 11.5 Å². The van der Waals surface area contributed by atoms with Gasteiger partial charge in [-0.1, -0.05) is 11.2 Å². The molecule has 1 aromatic carbocycles. The molecule has 102 valence electrons. The molecule has 1 atom stereocenters. The molecule has 0 saturated carbocycles.